The van der Waals surface area contributed by atoms with Crippen molar-refractivity contribution >= 4 is 6.08 Å². The third kappa shape index (κ3) is 1.55. The van der Waals surface area contributed by atoms with Crippen LogP contribution in [0.3, 0.4) is 0 Å². The number of phenols is 1. The van der Waals surface area contributed by atoms with Gasteiger partial charge in [-0.2, -0.15) is 0 Å². The van der Waals surface area contributed by atoms with E-state index in [9.17, 15) is 10.2 Å². The standard InChI is InChI=1S/C11H12O5/c1-14-7-5-6-3-4-8(12)16-10(6)11(15-2)9(7)13/h3-5,8,12-13H,1-2H3. The van der Waals surface area contributed by atoms with Crippen LogP contribution in [0.2, 0.25) is 0 Å². The molecule has 0 saturated carbocycles. The zero-order valence-corrected chi connectivity index (χ0v) is 8.93. The second-order valence-electron chi connectivity index (χ2n) is 3.25. The Hall–Kier alpha value is -1.88. The highest BCUT2D eigenvalue weighted by atomic mass is 16.6. The molecule has 5 heteroatoms. The highest BCUT2D eigenvalue weighted by molar-refractivity contribution is 5.71. The molecule has 1 heterocycles. The zero-order chi connectivity index (χ0) is 11.7. The summed E-state index contributed by atoms with van der Waals surface area (Å²) in [6.07, 6.45) is 2.13. The summed E-state index contributed by atoms with van der Waals surface area (Å²) in [4.78, 5) is 0. The molecule has 1 aliphatic rings. The van der Waals surface area contributed by atoms with Crippen molar-refractivity contribution < 1.29 is 24.4 Å². The molecular formula is C11H12O5. The third-order valence-electron chi connectivity index (χ3n) is 2.31. The van der Waals surface area contributed by atoms with Crippen LogP contribution < -0.4 is 14.2 Å². The number of methoxy groups -OCH3 is 2. The van der Waals surface area contributed by atoms with Gasteiger partial charge in [0.15, 0.2) is 11.5 Å². The Labute approximate surface area is 92.5 Å². The van der Waals surface area contributed by atoms with Gasteiger partial charge in [-0.15, -0.1) is 0 Å². The summed E-state index contributed by atoms with van der Waals surface area (Å²) >= 11 is 0. The maximum absolute atomic E-state index is 9.80. The van der Waals surface area contributed by atoms with E-state index in [4.69, 9.17) is 14.2 Å². The van der Waals surface area contributed by atoms with E-state index in [-0.39, 0.29) is 11.5 Å². The first-order valence-electron chi connectivity index (χ1n) is 4.68. The minimum atomic E-state index is -1.03. The highest BCUT2D eigenvalue weighted by Gasteiger charge is 2.23. The van der Waals surface area contributed by atoms with Gasteiger partial charge in [0.05, 0.1) is 14.2 Å². The molecule has 0 fully saturated rings. The monoisotopic (exact) mass is 224 g/mol. The van der Waals surface area contributed by atoms with Crippen molar-refractivity contribution in [3.05, 3.63) is 17.7 Å². The van der Waals surface area contributed by atoms with E-state index in [1.54, 1.807) is 12.1 Å². The normalized spacial score (nSPS) is 17.6. The Morgan fingerprint density at radius 2 is 2.06 bits per heavy atom. The van der Waals surface area contributed by atoms with Gasteiger partial charge in [0.1, 0.15) is 0 Å². The fourth-order valence-electron chi connectivity index (χ4n) is 1.56. The maximum atomic E-state index is 9.80. The van der Waals surface area contributed by atoms with E-state index in [1.807, 2.05) is 0 Å². The predicted octanol–water partition coefficient (Wildman–Crippen LogP) is 1.13. The van der Waals surface area contributed by atoms with Crippen LogP contribution in [0.4, 0.5) is 0 Å². The van der Waals surface area contributed by atoms with E-state index < -0.39 is 6.29 Å². The summed E-state index contributed by atoms with van der Waals surface area (Å²) in [6, 6.07) is 1.61. The number of hydrogen-bond acceptors (Lipinski definition) is 5. The van der Waals surface area contributed by atoms with Crippen molar-refractivity contribution in [1.82, 2.24) is 0 Å². The Balaban J connectivity index is 2.62. The average molecular weight is 224 g/mol. The van der Waals surface area contributed by atoms with E-state index in [1.165, 1.54) is 20.3 Å². The second kappa shape index (κ2) is 3.94. The number of fused-ring (bicyclic) bond motifs is 1. The topological polar surface area (TPSA) is 68.2 Å². The maximum Gasteiger partial charge on any atom is 0.217 e. The molecule has 0 radical (unpaired) electrons. The van der Waals surface area contributed by atoms with Gasteiger partial charge in [-0.05, 0) is 18.2 Å². The van der Waals surface area contributed by atoms with Gasteiger partial charge in [-0.25, -0.2) is 0 Å². The lowest BCUT2D eigenvalue weighted by Gasteiger charge is -2.21. The fraction of sp³-hybridized carbons (Fsp3) is 0.273. The van der Waals surface area contributed by atoms with E-state index >= 15 is 0 Å². The lowest BCUT2D eigenvalue weighted by atomic mass is 10.1. The van der Waals surface area contributed by atoms with Gasteiger partial charge in [0.25, 0.3) is 0 Å². The molecule has 16 heavy (non-hydrogen) atoms. The number of aromatic hydroxyl groups is 1. The van der Waals surface area contributed by atoms with Crippen molar-refractivity contribution in [2.75, 3.05) is 14.2 Å². The van der Waals surface area contributed by atoms with Gasteiger partial charge in [-0.1, -0.05) is 0 Å². The quantitative estimate of drug-likeness (QED) is 0.788. The molecule has 2 rings (SSSR count). The lowest BCUT2D eigenvalue weighted by Crippen LogP contribution is -2.16. The van der Waals surface area contributed by atoms with Crippen LogP contribution in [-0.2, 0) is 0 Å². The number of aliphatic hydroxyl groups is 1. The molecule has 0 aliphatic carbocycles. The Kier molecular flexibility index (Phi) is 2.62. The molecule has 0 amide bonds. The molecule has 86 valence electrons. The summed E-state index contributed by atoms with van der Waals surface area (Å²) in [6.45, 7) is 0. The first-order valence-corrected chi connectivity index (χ1v) is 4.68. The first kappa shape index (κ1) is 10.6. The molecule has 0 bridgehead atoms. The van der Waals surface area contributed by atoms with E-state index in [0.717, 1.165) is 0 Å². The number of aliphatic hydroxyl groups excluding tert-OH is 1. The fourth-order valence-corrected chi connectivity index (χ4v) is 1.56. The van der Waals surface area contributed by atoms with Gasteiger partial charge in [-0.3, -0.25) is 0 Å². The van der Waals surface area contributed by atoms with Crippen molar-refractivity contribution in [2.24, 2.45) is 0 Å². The summed E-state index contributed by atoms with van der Waals surface area (Å²) in [7, 11) is 2.85. The van der Waals surface area contributed by atoms with E-state index in [0.29, 0.717) is 17.1 Å². The Morgan fingerprint density at radius 1 is 1.31 bits per heavy atom. The number of hydrogen-bond donors (Lipinski definition) is 2. The molecule has 5 nitrogen and oxygen atoms in total. The average Bonchev–Trinajstić information content (AvgIpc) is 2.28. The highest BCUT2D eigenvalue weighted by Crippen LogP contribution is 2.47. The number of phenolic OH excluding ortho intramolecular Hbond substituents is 1. The van der Waals surface area contributed by atoms with Gasteiger partial charge in [0, 0.05) is 5.56 Å². The SMILES string of the molecule is COc1cc2c(c(OC)c1O)OC(O)C=C2. The van der Waals surface area contributed by atoms with Gasteiger partial charge < -0.3 is 24.4 Å². The number of ether oxygens (including phenoxy) is 3. The number of benzene rings is 1. The van der Waals surface area contributed by atoms with Crippen LogP contribution in [0.25, 0.3) is 6.08 Å². The summed E-state index contributed by atoms with van der Waals surface area (Å²) in [5, 5.41) is 19.1. The minimum Gasteiger partial charge on any atom is -0.502 e. The Morgan fingerprint density at radius 3 is 2.69 bits per heavy atom. The van der Waals surface area contributed by atoms with Crippen LogP contribution >= 0.6 is 0 Å². The van der Waals surface area contributed by atoms with Crippen LogP contribution in [0, 0.1) is 0 Å². The summed E-state index contributed by atoms with van der Waals surface area (Å²) < 4.78 is 15.2. The smallest absolute Gasteiger partial charge is 0.217 e. The first-order chi connectivity index (χ1) is 7.67. The van der Waals surface area contributed by atoms with Crippen molar-refractivity contribution in [2.45, 2.75) is 6.29 Å². The predicted molar refractivity (Wildman–Crippen MR) is 56.9 cm³/mol. The molecule has 1 aromatic carbocycles. The molecule has 1 aliphatic heterocycles. The lowest BCUT2D eigenvalue weighted by molar-refractivity contribution is 0.0207. The van der Waals surface area contributed by atoms with Crippen molar-refractivity contribution in [3.8, 4) is 23.0 Å². The second-order valence-corrected chi connectivity index (χ2v) is 3.25. The third-order valence-corrected chi connectivity index (χ3v) is 2.31. The minimum absolute atomic E-state index is 0.147. The molecule has 1 aromatic rings. The summed E-state index contributed by atoms with van der Waals surface area (Å²) in [5.74, 6) is 0.597. The van der Waals surface area contributed by atoms with Crippen LogP contribution in [0.15, 0.2) is 12.1 Å². The molecule has 1 unspecified atom stereocenters. The Bertz CT molecular complexity index is 438. The van der Waals surface area contributed by atoms with E-state index in [2.05, 4.69) is 0 Å². The van der Waals surface area contributed by atoms with Crippen LogP contribution in [0.5, 0.6) is 23.0 Å². The molecule has 0 spiro atoms. The largest absolute Gasteiger partial charge is 0.502 e. The molecule has 0 aromatic heterocycles. The van der Waals surface area contributed by atoms with Crippen LogP contribution in [-0.4, -0.2) is 30.7 Å². The summed E-state index contributed by atoms with van der Waals surface area (Å²) in [5.41, 5.74) is 0.678. The van der Waals surface area contributed by atoms with Crippen molar-refractivity contribution in [1.29, 1.82) is 0 Å². The molecule has 2 N–H and O–H groups in total. The number of rotatable bonds is 2. The molecular weight excluding hydrogens is 212 g/mol. The van der Waals surface area contributed by atoms with Gasteiger partial charge >= 0.3 is 0 Å². The van der Waals surface area contributed by atoms with Crippen molar-refractivity contribution in [3.63, 3.8) is 0 Å². The van der Waals surface area contributed by atoms with Gasteiger partial charge in [0.2, 0.25) is 17.8 Å². The van der Waals surface area contributed by atoms with Crippen LogP contribution in [0.1, 0.15) is 5.56 Å². The zero-order valence-electron chi connectivity index (χ0n) is 8.93. The molecule has 1 atom stereocenters. The molecule has 0 saturated heterocycles.